The highest BCUT2D eigenvalue weighted by molar-refractivity contribution is 6.31. The zero-order valence-corrected chi connectivity index (χ0v) is 19.5. The lowest BCUT2D eigenvalue weighted by molar-refractivity contribution is -0.132. The molecule has 3 rings (SSSR count). The number of hydrogen-bond acceptors (Lipinski definition) is 5. The zero-order chi connectivity index (χ0) is 23.1. The van der Waals surface area contributed by atoms with Crippen molar-refractivity contribution in [2.45, 2.75) is 19.8 Å². The summed E-state index contributed by atoms with van der Waals surface area (Å²) in [6.07, 6.45) is 1.04. The lowest BCUT2D eigenvalue weighted by Gasteiger charge is -2.35. The average Bonchev–Trinajstić information content (AvgIpc) is 2.83. The van der Waals surface area contributed by atoms with Gasteiger partial charge in [0.15, 0.2) is 11.5 Å². The van der Waals surface area contributed by atoms with Crippen molar-refractivity contribution in [1.29, 1.82) is 0 Å². The molecule has 1 aliphatic heterocycles. The topological polar surface area (TPSA) is 68.3 Å². The van der Waals surface area contributed by atoms with Gasteiger partial charge < -0.3 is 24.0 Å². The van der Waals surface area contributed by atoms with E-state index in [0.29, 0.717) is 67.7 Å². The number of methoxy groups -OCH3 is 2. The molecule has 0 unspecified atom stereocenters. The van der Waals surface area contributed by atoms with E-state index in [1.807, 2.05) is 24.0 Å². The predicted octanol–water partition coefficient (Wildman–Crippen LogP) is 3.81. The van der Waals surface area contributed by atoms with Gasteiger partial charge in [0, 0.05) is 43.2 Å². The first-order chi connectivity index (χ1) is 15.4. The van der Waals surface area contributed by atoms with E-state index < -0.39 is 0 Å². The Kier molecular flexibility index (Phi) is 8.22. The van der Waals surface area contributed by atoms with E-state index in [1.165, 1.54) is 7.11 Å². The minimum absolute atomic E-state index is 0.0790. The first kappa shape index (κ1) is 23.7. The van der Waals surface area contributed by atoms with Crippen LogP contribution >= 0.6 is 11.6 Å². The zero-order valence-electron chi connectivity index (χ0n) is 18.7. The number of nitrogens with zero attached hydrogens (tertiary/aromatic N) is 2. The number of halogens is 1. The lowest BCUT2D eigenvalue weighted by atomic mass is 10.1. The van der Waals surface area contributed by atoms with E-state index >= 15 is 0 Å². The third-order valence-electron chi connectivity index (χ3n) is 5.48. The first-order valence-corrected chi connectivity index (χ1v) is 11.0. The second kappa shape index (κ2) is 11.1. The van der Waals surface area contributed by atoms with Crippen molar-refractivity contribution in [3.05, 3.63) is 52.5 Å². The Labute approximate surface area is 193 Å². The Morgan fingerprint density at radius 1 is 0.938 bits per heavy atom. The van der Waals surface area contributed by atoms with Crippen LogP contribution in [0.1, 0.15) is 28.8 Å². The highest BCUT2D eigenvalue weighted by Gasteiger charge is 2.25. The molecule has 1 heterocycles. The standard InChI is InChI=1S/C24H29ClN2O5/c1-17-15-19(7-8-20(17)25)32-14-4-5-23(28)26-10-12-27(13-11-26)24(29)18-6-9-21(30-2)22(16-18)31-3/h6-9,15-16H,4-5,10-14H2,1-3H3. The molecule has 0 bridgehead atoms. The van der Waals surface area contributed by atoms with Crippen LogP contribution in [0.15, 0.2) is 36.4 Å². The summed E-state index contributed by atoms with van der Waals surface area (Å²) in [6.45, 7) is 4.43. The number of benzene rings is 2. The number of amides is 2. The minimum atomic E-state index is -0.0790. The van der Waals surface area contributed by atoms with Gasteiger partial charge in [-0.3, -0.25) is 9.59 Å². The molecule has 1 fully saturated rings. The van der Waals surface area contributed by atoms with Crippen LogP contribution in [0.4, 0.5) is 0 Å². The molecule has 2 aromatic carbocycles. The maximum atomic E-state index is 12.8. The van der Waals surface area contributed by atoms with Gasteiger partial charge in [-0.25, -0.2) is 0 Å². The number of piperazine rings is 1. The Hall–Kier alpha value is -2.93. The van der Waals surface area contributed by atoms with Crippen molar-refractivity contribution in [3.63, 3.8) is 0 Å². The Balaban J connectivity index is 1.43. The van der Waals surface area contributed by atoms with E-state index in [2.05, 4.69) is 0 Å². The monoisotopic (exact) mass is 460 g/mol. The number of carbonyl (C=O) groups excluding carboxylic acids is 2. The summed E-state index contributed by atoms with van der Waals surface area (Å²) >= 11 is 6.02. The molecule has 7 nitrogen and oxygen atoms in total. The van der Waals surface area contributed by atoms with Crippen LogP contribution in [0.5, 0.6) is 17.2 Å². The second-order valence-electron chi connectivity index (χ2n) is 7.61. The van der Waals surface area contributed by atoms with E-state index in [-0.39, 0.29) is 11.8 Å². The fourth-order valence-corrected chi connectivity index (χ4v) is 3.71. The Bertz CT molecular complexity index is 957. The van der Waals surface area contributed by atoms with Gasteiger partial charge in [0.05, 0.1) is 20.8 Å². The third kappa shape index (κ3) is 5.85. The van der Waals surface area contributed by atoms with Crippen LogP contribution < -0.4 is 14.2 Å². The maximum absolute atomic E-state index is 12.8. The van der Waals surface area contributed by atoms with Crippen LogP contribution in [0, 0.1) is 6.92 Å². The molecule has 0 aliphatic carbocycles. The molecule has 1 saturated heterocycles. The summed E-state index contributed by atoms with van der Waals surface area (Å²) in [5, 5.41) is 0.705. The van der Waals surface area contributed by atoms with E-state index in [0.717, 1.165) is 11.3 Å². The Morgan fingerprint density at radius 2 is 1.62 bits per heavy atom. The molecule has 0 radical (unpaired) electrons. The molecule has 8 heteroatoms. The summed E-state index contributed by atoms with van der Waals surface area (Å²) in [6, 6.07) is 10.6. The Morgan fingerprint density at radius 3 is 2.28 bits per heavy atom. The number of aryl methyl sites for hydroxylation is 1. The lowest BCUT2D eigenvalue weighted by Crippen LogP contribution is -2.50. The molecule has 0 saturated carbocycles. The fraction of sp³-hybridized carbons (Fsp3) is 0.417. The van der Waals surface area contributed by atoms with Crippen LogP contribution in [0.2, 0.25) is 5.02 Å². The smallest absolute Gasteiger partial charge is 0.254 e. The van der Waals surface area contributed by atoms with E-state index in [9.17, 15) is 9.59 Å². The van der Waals surface area contributed by atoms with Crippen molar-refractivity contribution in [2.24, 2.45) is 0 Å². The summed E-state index contributed by atoms with van der Waals surface area (Å²) in [5.41, 5.74) is 1.50. The first-order valence-electron chi connectivity index (χ1n) is 10.6. The SMILES string of the molecule is COc1ccc(C(=O)N2CCN(C(=O)CCCOc3ccc(Cl)c(C)c3)CC2)cc1OC. The van der Waals surface area contributed by atoms with Gasteiger partial charge in [-0.15, -0.1) is 0 Å². The van der Waals surface area contributed by atoms with E-state index in [1.54, 1.807) is 36.3 Å². The number of rotatable bonds is 8. The van der Waals surface area contributed by atoms with Crippen molar-refractivity contribution >= 4 is 23.4 Å². The van der Waals surface area contributed by atoms with Crippen LogP contribution in [0.25, 0.3) is 0 Å². The molecule has 2 amide bonds. The summed E-state index contributed by atoms with van der Waals surface area (Å²) in [5.74, 6) is 1.85. The van der Waals surface area contributed by atoms with Crippen molar-refractivity contribution in [3.8, 4) is 17.2 Å². The van der Waals surface area contributed by atoms with Gasteiger partial charge in [-0.2, -0.15) is 0 Å². The largest absolute Gasteiger partial charge is 0.494 e. The third-order valence-corrected chi connectivity index (χ3v) is 5.91. The molecule has 32 heavy (non-hydrogen) atoms. The van der Waals surface area contributed by atoms with Gasteiger partial charge in [-0.1, -0.05) is 11.6 Å². The fourth-order valence-electron chi connectivity index (χ4n) is 3.59. The molecular formula is C24H29ClN2O5. The molecule has 0 atom stereocenters. The van der Waals surface area contributed by atoms with Crippen molar-refractivity contribution in [1.82, 2.24) is 9.80 Å². The van der Waals surface area contributed by atoms with Crippen LogP contribution in [-0.2, 0) is 4.79 Å². The molecular weight excluding hydrogens is 432 g/mol. The van der Waals surface area contributed by atoms with Crippen molar-refractivity contribution in [2.75, 3.05) is 47.0 Å². The second-order valence-corrected chi connectivity index (χ2v) is 8.01. The molecule has 0 aromatic heterocycles. The number of ether oxygens (including phenoxy) is 3. The van der Waals surface area contributed by atoms with Crippen LogP contribution in [-0.4, -0.2) is 68.6 Å². The van der Waals surface area contributed by atoms with E-state index in [4.69, 9.17) is 25.8 Å². The van der Waals surface area contributed by atoms with Gasteiger partial charge in [0.25, 0.3) is 5.91 Å². The van der Waals surface area contributed by atoms with Crippen molar-refractivity contribution < 1.29 is 23.8 Å². The normalized spacial score (nSPS) is 13.6. The summed E-state index contributed by atoms with van der Waals surface area (Å²) in [4.78, 5) is 28.9. The van der Waals surface area contributed by atoms with Gasteiger partial charge >= 0.3 is 0 Å². The highest BCUT2D eigenvalue weighted by atomic mass is 35.5. The number of hydrogen-bond donors (Lipinski definition) is 0. The quantitative estimate of drug-likeness (QED) is 0.560. The van der Waals surface area contributed by atoms with Crippen LogP contribution in [0.3, 0.4) is 0 Å². The summed E-state index contributed by atoms with van der Waals surface area (Å²) < 4.78 is 16.2. The minimum Gasteiger partial charge on any atom is -0.494 e. The molecule has 2 aromatic rings. The molecule has 172 valence electrons. The summed E-state index contributed by atoms with van der Waals surface area (Å²) in [7, 11) is 3.10. The maximum Gasteiger partial charge on any atom is 0.254 e. The average molecular weight is 461 g/mol. The van der Waals surface area contributed by atoms with Gasteiger partial charge in [0.1, 0.15) is 5.75 Å². The number of carbonyl (C=O) groups is 2. The molecule has 0 N–H and O–H groups in total. The highest BCUT2D eigenvalue weighted by Crippen LogP contribution is 2.28. The molecule has 1 aliphatic rings. The predicted molar refractivity (Wildman–Crippen MR) is 123 cm³/mol. The molecule has 0 spiro atoms. The van der Waals surface area contributed by atoms with Gasteiger partial charge in [0.2, 0.25) is 5.91 Å². The van der Waals surface area contributed by atoms with Gasteiger partial charge in [-0.05, 0) is 55.3 Å².